The van der Waals surface area contributed by atoms with E-state index in [1.807, 2.05) is 6.08 Å². The van der Waals surface area contributed by atoms with Crippen molar-refractivity contribution in [3.8, 4) is 0 Å². The maximum Gasteiger partial charge on any atom is 0.310 e. The highest BCUT2D eigenvalue weighted by Gasteiger charge is 2.17. The van der Waals surface area contributed by atoms with Gasteiger partial charge in [0.2, 0.25) is 0 Å². The molecule has 0 aliphatic rings. The summed E-state index contributed by atoms with van der Waals surface area (Å²) in [6.07, 6.45) is 26.7. The van der Waals surface area contributed by atoms with Crippen molar-refractivity contribution in [3.63, 3.8) is 0 Å². The Morgan fingerprint density at radius 1 is 0.655 bits per heavy atom. The van der Waals surface area contributed by atoms with Crippen molar-refractivity contribution in [2.45, 2.75) is 129 Å². The van der Waals surface area contributed by atoms with E-state index < -0.39 is 17.9 Å². The molecule has 4 heteroatoms. The highest BCUT2D eigenvalue weighted by molar-refractivity contribution is 5.79. The van der Waals surface area contributed by atoms with E-state index in [2.05, 4.69) is 6.92 Å². The van der Waals surface area contributed by atoms with E-state index in [9.17, 15) is 9.59 Å². The van der Waals surface area contributed by atoms with Crippen molar-refractivity contribution >= 4 is 11.9 Å². The highest BCUT2D eigenvalue weighted by Crippen LogP contribution is 2.14. The van der Waals surface area contributed by atoms with Crippen LogP contribution in [0.15, 0.2) is 12.2 Å². The predicted molar refractivity (Wildman–Crippen MR) is 121 cm³/mol. The van der Waals surface area contributed by atoms with Crippen LogP contribution in [0.5, 0.6) is 0 Å². The van der Waals surface area contributed by atoms with Crippen LogP contribution in [0, 0.1) is 5.92 Å². The Balaban J connectivity index is 3.30. The first-order valence-electron chi connectivity index (χ1n) is 12.2. The topological polar surface area (TPSA) is 74.6 Å². The quantitative estimate of drug-likeness (QED) is 0.141. The molecule has 0 spiro atoms. The first-order chi connectivity index (χ1) is 14.1. The van der Waals surface area contributed by atoms with Crippen molar-refractivity contribution < 1.29 is 19.8 Å². The molecule has 0 fully saturated rings. The van der Waals surface area contributed by atoms with Gasteiger partial charge >= 0.3 is 11.9 Å². The van der Waals surface area contributed by atoms with Crippen molar-refractivity contribution in [2.24, 2.45) is 5.92 Å². The molecule has 1 atom stereocenters. The lowest BCUT2D eigenvalue weighted by Gasteiger charge is -2.04. The van der Waals surface area contributed by atoms with Gasteiger partial charge in [-0.1, -0.05) is 122 Å². The number of hydrogen-bond donors (Lipinski definition) is 2. The van der Waals surface area contributed by atoms with Crippen LogP contribution in [-0.2, 0) is 9.59 Å². The minimum atomic E-state index is -1.07. The minimum absolute atomic E-state index is 0.342. The lowest BCUT2D eigenvalue weighted by molar-refractivity contribution is -0.146. The third-order valence-electron chi connectivity index (χ3n) is 5.55. The molecule has 29 heavy (non-hydrogen) atoms. The van der Waals surface area contributed by atoms with Crippen LogP contribution < -0.4 is 0 Å². The molecule has 2 N–H and O–H groups in total. The van der Waals surface area contributed by atoms with Crippen molar-refractivity contribution in [2.75, 3.05) is 0 Å². The lowest BCUT2D eigenvalue weighted by Crippen LogP contribution is -2.15. The Hall–Kier alpha value is -1.32. The number of aliphatic carboxylic acids is 2. The monoisotopic (exact) mass is 410 g/mol. The average molecular weight is 411 g/mol. The van der Waals surface area contributed by atoms with Gasteiger partial charge in [0.15, 0.2) is 0 Å². The Kier molecular flexibility index (Phi) is 20.4. The molecular formula is C25H46O4. The van der Waals surface area contributed by atoms with E-state index >= 15 is 0 Å². The average Bonchev–Trinajstić information content (AvgIpc) is 2.68. The smallest absolute Gasteiger partial charge is 0.310 e. The van der Waals surface area contributed by atoms with Crippen molar-refractivity contribution in [1.29, 1.82) is 0 Å². The summed E-state index contributed by atoms with van der Waals surface area (Å²) in [5.74, 6) is -3.04. The molecular weight excluding hydrogens is 364 g/mol. The number of hydrogen-bond acceptors (Lipinski definition) is 2. The summed E-state index contributed by atoms with van der Waals surface area (Å²) >= 11 is 0. The second-order valence-electron chi connectivity index (χ2n) is 8.42. The summed E-state index contributed by atoms with van der Waals surface area (Å²) in [6.45, 7) is 2.27. The highest BCUT2D eigenvalue weighted by atomic mass is 16.4. The van der Waals surface area contributed by atoms with Gasteiger partial charge in [0, 0.05) is 0 Å². The molecule has 0 aromatic heterocycles. The zero-order valence-corrected chi connectivity index (χ0v) is 18.9. The predicted octanol–water partition coefficient (Wildman–Crippen LogP) is 7.76. The molecule has 0 saturated carbocycles. The first kappa shape index (κ1) is 27.7. The van der Waals surface area contributed by atoms with Gasteiger partial charge in [0.25, 0.3) is 0 Å². The van der Waals surface area contributed by atoms with Gasteiger partial charge in [0.05, 0.1) is 12.3 Å². The zero-order valence-electron chi connectivity index (χ0n) is 18.9. The maximum atomic E-state index is 10.9. The van der Waals surface area contributed by atoms with Crippen LogP contribution >= 0.6 is 0 Å². The molecule has 0 bridgehead atoms. The number of carbonyl (C=O) groups is 2. The van der Waals surface area contributed by atoms with E-state index in [-0.39, 0.29) is 6.42 Å². The number of carboxylic acid groups (broad SMARTS) is 2. The van der Waals surface area contributed by atoms with Gasteiger partial charge in [-0.05, 0) is 12.8 Å². The number of rotatable bonds is 22. The molecule has 0 heterocycles. The van der Waals surface area contributed by atoms with Gasteiger partial charge in [-0.2, -0.15) is 0 Å². The minimum Gasteiger partial charge on any atom is -0.481 e. The second-order valence-corrected chi connectivity index (χ2v) is 8.42. The van der Waals surface area contributed by atoms with Gasteiger partial charge in [-0.3, -0.25) is 9.59 Å². The van der Waals surface area contributed by atoms with Crippen LogP contribution in [0.25, 0.3) is 0 Å². The summed E-state index contributed by atoms with van der Waals surface area (Å²) in [5.41, 5.74) is 0. The van der Waals surface area contributed by atoms with Crippen LogP contribution in [0.3, 0.4) is 0 Å². The molecule has 0 aliphatic carbocycles. The molecule has 0 rings (SSSR count). The van der Waals surface area contributed by atoms with Crippen molar-refractivity contribution in [3.05, 3.63) is 12.2 Å². The SMILES string of the molecule is CCCCCCCCCCCCCCCCCCC/C=C/C(CC(=O)O)C(=O)O. The second kappa shape index (κ2) is 21.4. The Morgan fingerprint density at radius 2 is 1.03 bits per heavy atom. The van der Waals surface area contributed by atoms with Gasteiger partial charge < -0.3 is 10.2 Å². The number of unbranched alkanes of at least 4 members (excludes halogenated alkanes) is 17. The molecule has 1 unspecified atom stereocenters. The fraction of sp³-hybridized carbons (Fsp3) is 0.840. The largest absolute Gasteiger partial charge is 0.481 e. The van der Waals surface area contributed by atoms with E-state index in [0.29, 0.717) is 0 Å². The Morgan fingerprint density at radius 3 is 1.38 bits per heavy atom. The van der Waals surface area contributed by atoms with Crippen LogP contribution in [-0.4, -0.2) is 22.2 Å². The zero-order chi connectivity index (χ0) is 21.6. The third kappa shape index (κ3) is 21.2. The standard InChI is InChI=1S/C25H46O4/c1-2-3-4-5-6-7-8-9-10-11-12-13-14-15-16-17-18-19-20-21-23(25(28)29)22-24(26)27/h20-21,23H,2-19,22H2,1H3,(H,26,27)(H,28,29)/b21-20+. The number of carboxylic acids is 2. The van der Waals surface area contributed by atoms with Crippen LogP contribution in [0.4, 0.5) is 0 Å². The van der Waals surface area contributed by atoms with Gasteiger partial charge in [-0.15, -0.1) is 0 Å². The van der Waals surface area contributed by atoms with E-state index in [1.165, 1.54) is 109 Å². The maximum absolute atomic E-state index is 10.9. The van der Waals surface area contributed by atoms with Crippen LogP contribution in [0.2, 0.25) is 0 Å². The van der Waals surface area contributed by atoms with E-state index in [4.69, 9.17) is 10.2 Å². The first-order valence-corrected chi connectivity index (χ1v) is 12.2. The molecule has 0 amide bonds. The fourth-order valence-electron chi connectivity index (χ4n) is 3.67. The van der Waals surface area contributed by atoms with Gasteiger partial charge in [-0.25, -0.2) is 0 Å². The molecule has 0 aromatic rings. The summed E-state index contributed by atoms with van der Waals surface area (Å²) < 4.78 is 0. The molecule has 0 aromatic carbocycles. The Bertz CT molecular complexity index is 417. The molecule has 4 nitrogen and oxygen atoms in total. The summed E-state index contributed by atoms with van der Waals surface area (Å²) in [5, 5.41) is 17.7. The summed E-state index contributed by atoms with van der Waals surface area (Å²) in [4.78, 5) is 21.6. The fourth-order valence-corrected chi connectivity index (χ4v) is 3.67. The third-order valence-corrected chi connectivity index (χ3v) is 5.55. The lowest BCUT2D eigenvalue weighted by atomic mass is 10.0. The molecule has 0 radical (unpaired) electrons. The molecule has 170 valence electrons. The molecule has 0 aliphatic heterocycles. The van der Waals surface area contributed by atoms with Gasteiger partial charge in [0.1, 0.15) is 0 Å². The van der Waals surface area contributed by atoms with Crippen molar-refractivity contribution in [1.82, 2.24) is 0 Å². The molecule has 0 saturated heterocycles. The van der Waals surface area contributed by atoms with E-state index in [0.717, 1.165) is 12.8 Å². The summed E-state index contributed by atoms with van der Waals surface area (Å²) in [7, 11) is 0. The summed E-state index contributed by atoms with van der Waals surface area (Å²) in [6, 6.07) is 0. The number of allylic oxidation sites excluding steroid dienone is 1. The Labute approximate surface area is 179 Å². The van der Waals surface area contributed by atoms with E-state index in [1.54, 1.807) is 0 Å². The normalized spacial score (nSPS) is 12.4. The van der Waals surface area contributed by atoms with Crippen LogP contribution in [0.1, 0.15) is 129 Å².